The third-order valence-electron chi connectivity index (χ3n) is 1.29. The van der Waals surface area contributed by atoms with Gasteiger partial charge in [-0.05, 0) is 6.07 Å². The molecule has 5 heteroatoms. The minimum atomic E-state index is -0.268. The molecule has 0 spiro atoms. The van der Waals surface area contributed by atoms with Crippen molar-refractivity contribution in [1.29, 1.82) is 0 Å². The zero-order valence-electron chi connectivity index (χ0n) is 6.30. The number of nitrogens with one attached hydrogen (secondary N) is 2. The van der Waals surface area contributed by atoms with Crippen LogP contribution in [0.25, 0.3) is 0 Å². The van der Waals surface area contributed by atoms with Gasteiger partial charge in [0.05, 0.1) is 11.6 Å². The molecule has 0 aromatic carbocycles. The van der Waals surface area contributed by atoms with Crippen molar-refractivity contribution in [3.8, 4) is 0 Å². The summed E-state index contributed by atoms with van der Waals surface area (Å²) in [5, 5.41) is 11.4. The maximum absolute atomic E-state index is 11.1. The van der Waals surface area contributed by atoms with Crippen molar-refractivity contribution in [2.24, 2.45) is 0 Å². The summed E-state index contributed by atoms with van der Waals surface area (Å²) in [6.07, 6.45) is 1.52. The third-order valence-corrected chi connectivity index (χ3v) is 1.51. The highest BCUT2D eigenvalue weighted by molar-refractivity contribution is 6.30. The first-order valence-corrected chi connectivity index (χ1v) is 3.85. The minimum absolute atomic E-state index is 0.0693. The van der Waals surface area contributed by atoms with Crippen molar-refractivity contribution in [2.75, 3.05) is 13.2 Å². The topological polar surface area (TPSA) is 65.1 Å². The number of halogens is 1. The van der Waals surface area contributed by atoms with Crippen LogP contribution in [0.2, 0.25) is 5.02 Å². The summed E-state index contributed by atoms with van der Waals surface area (Å²) in [5.41, 5.74) is 0.397. The van der Waals surface area contributed by atoms with E-state index in [2.05, 4.69) is 10.3 Å². The van der Waals surface area contributed by atoms with Gasteiger partial charge in [0, 0.05) is 12.7 Å². The molecule has 0 radical (unpaired) electrons. The Bertz CT molecular complexity index is 272. The van der Waals surface area contributed by atoms with Gasteiger partial charge in [-0.2, -0.15) is 0 Å². The number of hydrogen-bond donors (Lipinski definition) is 3. The number of aliphatic hydroxyl groups is 1. The number of amides is 1. The second kappa shape index (κ2) is 4.13. The molecule has 0 bridgehead atoms. The van der Waals surface area contributed by atoms with Crippen LogP contribution >= 0.6 is 11.6 Å². The molecule has 1 aromatic heterocycles. The average Bonchev–Trinajstić information content (AvgIpc) is 2.47. The SMILES string of the molecule is O=C(NCCO)c1cc(Cl)c[nH]1. The molecule has 0 unspecified atom stereocenters. The van der Waals surface area contributed by atoms with E-state index in [0.717, 1.165) is 0 Å². The molecule has 0 aliphatic rings. The maximum Gasteiger partial charge on any atom is 0.267 e. The second-order valence-electron chi connectivity index (χ2n) is 2.21. The Kier molecular flexibility index (Phi) is 3.13. The quantitative estimate of drug-likeness (QED) is 0.643. The van der Waals surface area contributed by atoms with Crippen LogP contribution in [0.1, 0.15) is 10.5 Å². The maximum atomic E-state index is 11.1. The van der Waals surface area contributed by atoms with Crippen molar-refractivity contribution in [3.63, 3.8) is 0 Å². The van der Waals surface area contributed by atoms with Gasteiger partial charge in [0.1, 0.15) is 5.69 Å². The highest BCUT2D eigenvalue weighted by Crippen LogP contribution is 2.08. The summed E-state index contributed by atoms with van der Waals surface area (Å²) in [5.74, 6) is -0.268. The molecule has 66 valence electrons. The van der Waals surface area contributed by atoms with Crippen LogP contribution in [-0.2, 0) is 0 Å². The van der Waals surface area contributed by atoms with Crippen LogP contribution in [0.4, 0.5) is 0 Å². The second-order valence-corrected chi connectivity index (χ2v) is 2.65. The molecule has 0 aliphatic heterocycles. The van der Waals surface area contributed by atoms with E-state index in [9.17, 15) is 4.79 Å². The number of carbonyl (C=O) groups excluding carboxylic acids is 1. The molecule has 0 saturated heterocycles. The lowest BCUT2D eigenvalue weighted by atomic mass is 10.4. The monoisotopic (exact) mass is 188 g/mol. The molecular weight excluding hydrogens is 180 g/mol. The van der Waals surface area contributed by atoms with Gasteiger partial charge < -0.3 is 15.4 Å². The highest BCUT2D eigenvalue weighted by atomic mass is 35.5. The summed E-state index contributed by atoms with van der Waals surface area (Å²) in [6, 6.07) is 1.52. The Morgan fingerprint density at radius 3 is 3.00 bits per heavy atom. The number of hydrogen-bond acceptors (Lipinski definition) is 2. The van der Waals surface area contributed by atoms with E-state index in [0.29, 0.717) is 10.7 Å². The Hall–Kier alpha value is -1.00. The Morgan fingerprint density at radius 1 is 1.75 bits per heavy atom. The lowest BCUT2D eigenvalue weighted by Gasteiger charge is -1.98. The van der Waals surface area contributed by atoms with Crippen molar-refractivity contribution in [1.82, 2.24) is 10.3 Å². The summed E-state index contributed by atoms with van der Waals surface area (Å²) in [6.45, 7) is 0.176. The van der Waals surface area contributed by atoms with Crippen molar-refractivity contribution in [3.05, 3.63) is 23.0 Å². The zero-order chi connectivity index (χ0) is 8.97. The number of carbonyl (C=O) groups is 1. The standard InChI is InChI=1S/C7H9ClN2O2/c8-5-3-6(10-4-5)7(12)9-1-2-11/h3-4,10-11H,1-2H2,(H,9,12). The number of rotatable bonds is 3. The molecule has 0 fully saturated rings. The predicted molar refractivity (Wildman–Crippen MR) is 45.2 cm³/mol. The average molecular weight is 189 g/mol. The molecular formula is C7H9ClN2O2. The van der Waals surface area contributed by atoms with Gasteiger partial charge in [-0.25, -0.2) is 0 Å². The van der Waals surface area contributed by atoms with E-state index in [4.69, 9.17) is 16.7 Å². The van der Waals surface area contributed by atoms with Gasteiger partial charge in [0.2, 0.25) is 0 Å². The number of aromatic amines is 1. The Balaban J connectivity index is 2.53. The fraction of sp³-hybridized carbons (Fsp3) is 0.286. The smallest absolute Gasteiger partial charge is 0.267 e. The molecule has 1 rings (SSSR count). The number of aromatic nitrogens is 1. The molecule has 1 amide bonds. The fourth-order valence-electron chi connectivity index (χ4n) is 0.764. The fourth-order valence-corrected chi connectivity index (χ4v) is 0.927. The lowest BCUT2D eigenvalue weighted by molar-refractivity contribution is 0.0940. The molecule has 0 aliphatic carbocycles. The summed E-state index contributed by atoms with van der Waals surface area (Å²) in [7, 11) is 0. The zero-order valence-corrected chi connectivity index (χ0v) is 7.06. The first-order chi connectivity index (χ1) is 5.74. The largest absolute Gasteiger partial charge is 0.395 e. The molecule has 4 nitrogen and oxygen atoms in total. The lowest BCUT2D eigenvalue weighted by Crippen LogP contribution is -2.26. The van der Waals surface area contributed by atoms with Crippen LogP contribution < -0.4 is 5.32 Å². The van der Waals surface area contributed by atoms with E-state index in [1.165, 1.54) is 12.3 Å². The van der Waals surface area contributed by atoms with Gasteiger partial charge in [-0.3, -0.25) is 4.79 Å². The van der Waals surface area contributed by atoms with E-state index >= 15 is 0 Å². The van der Waals surface area contributed by atoms with Crippen LogP contribution in [-0.4, -0.2) is 29.1 Å². The highest BCUT2D eigenvalue weighted by Gasteiger charge is 2.05. The van der Waals surface area contributed by atoms with Gasteiger partial charge in [-0.1, -0.05) is 11.6 Å². The summed E-state index contributed by atoms with van der Waals surface area (Å²) < 4.78 is 0. The van der Waals surface area contributed by atoms with Crippen LogP contribution in [0.3, 0.4) is 0 Å². The molecule has 1 aromatic rings. The molecule has 0 saturated carbocycles. The van der Waals surface area contributed by atoms with Crippen molar-refractivity contribution < 1.29 is 9.90 Å². The Morgan fingerprint density at radius 2 is 2.50 bits per heavy atom. The van der Waals surface area contributed by atoms with Gasteiger partial charge in [0.15, 0.2) is 0 Å². The van der Waals surface area contributed by atoms with Crippen LogP contribution in [0, 0.1) is 0 Å². The summed E-state index contributed by atoms with van der Waals surface area (Å²) >= 11 is 5.58. The van der Waals surface area contributed by atoms with Crippen LogP contribution in [0.15, 0.2) is 12.3 Å². The van der Waals surface area contributed by atoms with Gasteiger partial charge >= 0.3 is 0 Å². The van der Waals surface area contributed by atoms with E-state index in [1.807, 2.05) is 0 Å². The van der Waals surface area contributed by atoms with E-state index < -0.39 is 0 Å². The van der Waals surface area contributed by atoms with Crippen molar-refractivity contribution >= 4 is 17.5 Å². The van der Waals surface area contributed by atoms with E-state index in [1.54, 1.807) is 0 Å². The summed E-state index contributed by atoms with van der Waals surface area (Å²) in [4.78, 5) is 13.8. The number of aliphatic hydroxyl groups excluding tert-OH is 1. The van der Waals surface area contributed by atoms with Crippen LogP contribution in [0.5, 0.6) is 0 Å². The van der Waals surface area contributed by atoms with E-state index in [-0.39, 0.29) is 19.1 Å². The first-order valence-electron chi connectivity index (χ1n) is 3.47. The minimum Gasteiger partial charge on any atom is -0.395 e. The molecule has 0 atom stereocenters. The molecule has 3 N–H and O–H groups in total. The normalized spacial score (nSPS) is 9.83. The Labute approximate surface area is 74.5 Å². The first kappa shape index (κ1) is 9.09. The van der Waals surface area contributed by atoms with Gasteiger partial charge in [0.25, 0.3) is 5.91 Å². The number of H-pyrrole nitrogens is 1. The predicted octanol–water partition coefficient (Wildman–Crippen LogP) is 0.390. The van der Waals surface area contributed by atoms with Gasteiger partial charge in [-0.15, -0.1) is 0 Å². The molecule has 1 heterocycles. The van der Waals surface area contributed by atoms with Crippen molar-refractivity contribution in [2.45, 2.75) is 0 Å². The molecule has 12 heavy (non-hydrogen) atoms. The third kappa shape index (κ3) is 2.25.